The van der Waals surface area contributed by atoms with Gasteiger partial charge >= 0.3 is 0 Å². The molecular formula is C18H16N6O. The van der Waals surface area contributed by atoms with Gasteiger partial charge in [0.25, 0.3) is 5.91 Å². The van der Waals surface area contributed by atoms with Crippen molar-refractivity contribution in [3.63, 3.8) is 0 Å². The molecule has 7 heteroatoms. The van der Waals surface area contributed by atoms with Crippen molar-refractivity contribution in [2.45, 2.75) is 13.5 Å². The predicted molar refractivity (Wildman–Crippen MR) is 94.3 cm³/mol. The maximum atomic E-state index is 12.6. The number of carbonyl (C=O) groups is 1. The molecule has 2 N–H and O–H groups in total. The Labute approximate surface area is 143 Å². The zero-order valence-corrected chi connectivity index (χ0v) is 13.6. The number of nitrogens with zero attached hydrogens (tertiary/aromatic N) is 4. The predicted octanol–water partition coefficient (Wildman–Crippen LogP) is 2.76. The van der Waals surface area contributed by atoms with Gasteiger partial charge in [-0.3, -0.25) is 9.48 Å². The number of hydrogen-bond donors (Lipinski definition) is 2. The zero-order valence-electron chi connectivity index (χ0n) is 13.6. The van der Waals surface area contributed by atoms with Gasteiger partial charge in [-0.1, -0.05) is 30.3 Å². The fourth-order valence-corrected chi connectivity index (χ4v) is 2.70. The first-order valence-electron chi connectivity index (χ1n) is 7.89. The molecule has 0 radical (unpaired) electrons. The third kappa shape index (κ3) is 2.99. The SMILES string of the molecule is Cc1c(C(=O)Nc2ccc3n[nH]nc3c2)cnn1Cc1ccccc1. The Balaban J connectivity index is 1.54. The van der Waals surface area contributed by atoms with Gasteiger partial charge in [0.2, 0.25) is 0 Å². The minimum absolute atomic E-state index is 0.195. The van der Waals surface area contributed by atoms with E-state index in [2.05, 4.69) is 25.8 Å². The highest BCUT2D eigenvalue weighted by Crippen LogP contribution is 2.17. The number of fused-ring (bicyclic) bond motifs is 1. The van der Waals surface area contributed by atoms with Crippen LogP contribution in [0.4, 0.5) is 5.69 Å². The summed E-state index contributed by atoms with van der Waals surface area (Å²) >= 11 is 0. The molecule has 7 nitrogen and oxygen atoms in total. The summed E-state index contributed by atoms with van der Waals surface area (Å²) in [5, 5.41) is 17.8. The first-order valence-corrected chi connectivity index (χ1v) is 7.89. The highest BCUT2D eigenvalue weighted by Gasteiger charge is 2.15. The van der Waals surface area contributed by atoms with E-state index < -0.39 is 0 Å². The van der Waals surface area contributed by atoms with Crippen molar-refractivity contribution in [3.05, 3.63) is 71.5 Å². The van der Waals surface area contributed by atoms with Crippen molar-refractivity contribution in [2.75, 3.05) is 5.32 Å². The number of benzene rings is 2. The molecule has 4 rings (SSSR count). The van der Waals surface area contributed by atoms with Crippen molar-refractivity contribution < 1.29 is 4.79 Å². The van der Waals surface area contributed by atoms with E-state index in [-0.39, 0.29) is 5.91 Å². The van der Waals surface area contributed by atoms with Crippen LogP contribution in [0, 0.1) is 6.92 Å². The summed E-state index contributed by atoms with van der Waals surface area (Å²) in [6, 6.07) is 15.4. The summed E-state index contributed by atoms with van der Waals surface area (Å²) in [7, 11) is 0. The van der Waals surface area contributed by atoms with Gasteiger partial charge in [-0.25, -0.2) is 0 Å². The summed E-state index contributed by atoms with van der Waals surface area (Å²) in [6.07, 6.45) is 1.60. The fraction of sp³-hybridized carbons (Fsp3) is 0.111. The molecule has 0 spiro atoms. The normalized spacial score (nSPS) is 10.9. The second kappa shape index (κ2) is 6.20. The molecule has 0 aliphatic heterocycles. The monoisotopic (exact) mass is 332 g/mol. The number of aromatic nitrogens is 5. The lowest BCUT2D eigenvalue weighted by molar-refractivity contribution is 0.102. The van der Waals surface area contributed by atoms with Crippen LogP contribution in [0.15, 0.2) is 54.7 Å². The van der Waals surface area contributed by atoms with Crippen LogP contribution in [0.3, 0.4) is 0 Å². The second-order valence-corrected chi connectivity index (χ2v) is 5.77. The second-order valence-electron chi connectivity index (χ2n) is 5.77. The number of hydrogen-bond acceptors (Lipinski definition) is 4. The van der Waals surface area contributed by atoms with Crippen molar-refractivity contribution in [3.8, 4) is 0 Å². The van der Waals surface area contributed by atoms with Gasteiger partial charge in [0.05, 0.1) is 18.3 Å². The van der Waals surface area contributed by atoms with Crippen LogP contribution in [0.2, 0.25) is 0 Å². The van der Waals surface area contributed by atoms with E-state index in [1.165, 1.54) is 0 Å². The van der Waals surface area contributed by atoms with Crippen molar-refractivity contribution in [2.24, 2.45) is 0 Å². The molecule has 124 valence electrons. The van der Waals surface area contributed by atoms with Crippen LogP contribution in [0.25, 0.3) is 11.0 Å². The first-order chi connectivity index (χ1) is 12.2. The summed E-state index contributed by atoms with van der Waals surface area (Å²) in [5.74, 6) is -0.195. The highest BCUT2D eigenvalue weighted by atomic mass is 16.1. The molecule has 0 unspecified atom stereocenters. The Hall–Kier alpha value is -3.48. The Morgan fingerprint density at radius 1 is 1.12 bits per heavy atom. The Morgan fingerprint density at radius 3 is 2.76 bits per heavy atom. The molecule has 0 atom stereocenters. The molecule has 1 amide bonds. The lowest BCUT2D eigenvalue weighted by atomic mass is 10.2. The molecule has 2 heterocycles. The molecule has 0 saturated heterocycles. The van der Waals surface area contributed by atoms with Gasteiger partial charge in [0.15, 0.2) is 0 Å². The van der Waals surface area contributed by atoms with Gasteiger partial charge in [0, 0.05) is 11.4 Å². The minimum Gasteiger partial charge on any atom is -0.322 e. The summed E-state index contributed by atoms with van der Waals surface area (Å²) in [4.78, 5) is 12.6. The molecule has 25 heavy (non-hydrogen) atoms. The third-order valence-electron chi connectivity index (χ3n) is 4.10. The number of amides is 1. The molecule has 4 aromatic rings. The van der Waals surface area contributed by atoms with Gasteiger partial charge in [-0.2, -0.15) is 20.5 Å². The van der Waals surface area contributed by atoms with E-state index in [1.807, 2.05) is 41.9 Å². The number of rotatable bonds is 4. The Bertz CT molecular complexity index is 1030. The maximum absolute atomic E-state index is 12.6. The van der Waals surface area contributed by atoms with Crippen LogP contribution < -0.4 is 5.32 Å². The molecule has 0 aliphatic rings. The number of nitrogens with one attached hydrogen (secondary N) is 2. The van der Waals surface area contributed by atoms with E-state index in [0.717, 1.165) is 16.8 Å². The molecular weight excluding hydrogens is 316 g/mol. The standard InChI is InChI=1S/C18H16N6O/c1-12-15(10-19-24(12)11-13-5-3-2-4-6-13)18(25)20-14-7-8-16-17(9-14)22-23-21-16/h2-10H,11H2,1H3,(H,20,25)(H,21,22,23). The average molecular weight is 332 g/mol. The smallest absolute Gasteiger partial charge is 0.259 e. The Kier molecular flexibility index (Phi) is 3.74. The third-order valence-corrected chi connectivity index (χ3v) is 4.10. The van der Waals surface area contributed by atoms with Gasteiger partial charge in [-0.05, 0) is 30.7 Å². The van der Waals surface area contributed by atoms with Crippen LogP contribution >= 0.6 is 0 Å². The number of carbonyl (C=O) groups excluding carboxylic acids is 1. The minimum atomic E-state index is -0.195. The van der Waals surface area contributed by atoms with Crippen molar-refractivity contribution >= 4 is 22.6 Å². The average Bonchev–Trinajstić information content (AvgIpc) is 3.23. The largest absolute Gasteiger partial charge is 0.322 e. The summed E-state index contributed by atoms with van der Waals surface area (Å²) < 4.78 is 1.82. The van der Waals surface area contributed by atoms with Crippen LogP contribution in [0.1, 0.15) is 21.6 Å². The number of aromatic amines is 1. The summed E-state index contributed by atoms with van der Waals surface area (Å²) in [5.41, 5.74) is 4.64. The van der Waals surface area contributed by atoms with Crippen LogP contribution in [-0.2, 0) is 6.54 Å². The molecule has 0 aliphatic carbocycles. The first kappa shape index (κ1) is 15.1. The van der Waals surface area contributed by atoms with Crippen molar-refractivity contribution in [1.29, 1.82) is 0 Å². The van der Waals surface area contributed by atoms with E-state index in [1.54, 1.807) is 24.4 Å². The van der Waals surface area contributed by atoms with Crippen LogP contribution in [0.5, 0.6) is 0 Å². The van der Waals surface area contributed by atoms with E-state index in [9.17, 15) is 4.79 Å². The highest BCUT2D eigenvalue weighted by molar-refractivity contribution is 6.05. The molecule has 0 fully saturated rings. The van der Waals surface area contributed by atoms with Gasteiger partial charge < -0.3 is 5.32 Å². The molecule has 2 aromatic heterocycles. The summed E-state index contributed by atoms with van der Waals surface area (Å²) in [6.45, 7) is 2.52. The van der Waals surface area contributed by atoms with Crippen molar-refractivity contribution in [1.82, 2.24) is 25.2 Å². The van der Waals surface area contributed by atoms with Gasteiger partial charge in [0.1, 0.15) is 11.0 Å². The lowest BCUT2D eigenvalue weighted by Crippen LogP contribution is -2.13. The van der Waals surface area contributed by atoms with Gasteiger partial charge in [-0.15, -0.1) is 0 Å². The number of anilines is 1. The lowest BCUT2D eigenvalue weighted by Gasteiger charge is -2.07. The zero-order chi connectivity index (χ0) is 17.2. The topological polar surface area (TPSA) is 88.5 Å². The molecule has 0 saturated carbocycles. The maximum Gasteiger partial charge on any atom is 0.259 e. The van der Waals surface area contributed by atoms with E-state index >= 15 is 0 Å². The quantitative estimate of drug-likeness (QED) is 0.601. The number of H-pyrrole nitrogens is 1. The molecule has 0 bridgehead atoms. The van der Waals surface area contributed by atoms with E-state index in [4.69, 9.17) is 0 Å². The fourth-order valence-electron chi connectivity index (χ4n) is 2.70. The van der Waals surface area contributed by atoms with Crippen LogP contribution in [-0.4, -0.2) is 31.1 Å². The van der Waals surface area contributed by atoms with E-state index in [0.29, 0.717) is 23.3 Å². The molecule has 2 aromatic carbocycles. The Morgan fingerprint density at radius 2 is 1.92 bits per heavy atom.